The molecule has 1 aromatic heterocycles. The fourth-order valence-corrected chi connectivity index (χ4v) is 5.46. The lowest BCUT2D eigenvalue weighted by Crippen LogP contribution is -2.58. The van der Waals surface area contributed by atoms with E-state index in [0.29, 0.717) is 0 Å². The second kappa shape index (κ2) is 9.70. The lowest BCUT2D eigenvalue weighted by Gasteiger charge is -2.35. The zero-order valence-corrected chi connectivity index (χ0v) is 20.4. The molecule has 5 rings (SSSR count). The molecular formula is C27H32N4O4. The Kier molecular flexibility index (Phi) is 6.47. The van der Waals surface area contributed by atoms with Crippen LogP contribution < -0.4 is 10.2 Å². The van der Waals surface area contributed by atoms with Crippen LogP contribution in [-0.4, -0.2) is 59.7 Å². The summed E-state index contributed by atoms with van der Waals surface area (Å²) >= 11 is 0. The van der Waals surface area contributed by atoms with Crippen molar-refractivity contribution in [2.75, 3.05) is 31.2 Å². The number of urea groups is 1. The third kappa shape index (κ3) is 4.50. The number of nitrogens with zero attached hydrogens (tertiary/aromatic N) is 3. The van der Waals surface area contributed by atoms with Gasteiger partial charge in [0.2, 0.25) is 0 Å². The number of rotatable bonds is 4. The van der Waals surface area contributed by atoms with Gasteiger partial charge in [-0.3, -0.25) is 19.8 Å². The van der Waals surface area contributed by atoms with Gasteiger partial charge in [-0.15, -0.1) is 0 Å². The minimum absolute atomic E-state index is 0.0121. The topological polar surface area (TPSA) is 83.9 Å². The average molecular weight is 477 g/mol. The second-order valence-corrected chi connectivity index (χ2v) is 9.56. The van der Waals surface area contributed by atoms with Crippen molar-refractivity contribution in [1.29, 1.82) is 0 Å². The minimum atomic E-state index is -0.633. The summed E-state index contributed by atoms with van der Waals surface area (Å²) in [5.74, 6) is -1.13. The van der Waals surface area contributed by atoms with Crippen molar-refractivity contribution in [3.8, 4) is 5.69 Å². The van der Waals surface area contributed by atoms with E-state index in [1.165, 1.54) is 10.6 Å². The number of benzene rings is 1. The van der Waals surface area contributed by atoms with E-state index in [1.54, 1.807) is 6.08 Å². The molecule has 0 spiro atoms. The summed E-state index contributed by atoms with van der Waals surface area (Å²) in [5.41, 5.74) is 4.90. The molecule has 4 amide bonds. The van der Waals surface area contributed by atoms with Gasteiger partial charge in [0.05, 0.1) is 13.2 Å². The molecule has 0 radical (unpaired) electrons. The highest BCUT2D eigenvalue weighted by Crippen LogP contribution is 2.29. The third-order valence-electron chi connectivity index (χ3n) is 7.33. The lowest BCUT2D eigenvalue weighted by atomic mass is 9.93. The van der Waals surface area contributed by atoms with Crippen molar-refractivity contribution >= 4 is 29.6 Å². The molecule has 0 bridgehead atoms. The molecule has 1 aliphatic carbocycles. The first-order valence-electron chi connectivity index (χ1n) is 12.5. The number of carbonyl (C=O) groups is 3. The van der Waals surface area contributed by atoms with Crippen molar-refractivity contribution in [3.63, 3.8) is 0 Å². The second-order valence-electron chi connectivity index (χ2n) is 9.56. The highest BCUT2D eigenvalue weighted by atomic mass is 16.5. The van der Waals surface area contributed by atoms with Gasteiger partial charge in [0, 0.05) is 41.9 Å². The summed E-state index contributed by atoms with van der Waals surface area (Å²) in [6.07, 6.45) is 6.29. The molecule has 0 unspecified atom stereocenters. The van der Waals surface area contributed by atoms with Crippen molar-refractivity contribution in [2.24, 2.45) is 0 Å². The number of aryl methyl sites for hydroxylation is 1. The summed E-state index contributed by atoms with van der Waals surface area (Å²) in [4.78, 5) is 42.0. The van der Waals surface area contributed by atoms with Crippen LogP contribution in [-0.2, 0) is 14.3 Å². The molecule has 1 aromatic carbocycles. The molecular weight excluding hydrogens is 444 g/mol. The average Bonchev–Trinajstić information content (AvgIpc) is 3.15. The Labute approximate surface area is 205 Å². The van der Waals surface area contributed by atoms with Gasteiger partial charge >= 0.3 is 6.03 Å². The van der Waals surface area contributed by atoms with Gasteiger partial charge in [-0.05, 0) is 68.7 Å². The Morgan fingerprint density at radius 2 is 1.60 bits per heavy atom. The smallest absolute Gasteiger partial charge is 0.331 e. The van der Waals surface area contributed by atoms with Crippen molar-refractivity contribution in [1.82, 2.24) is 14.8 Å². The summed E-state index contributed by atoms with van der Waals surface area (Å²) in [6, 6.07) is 9.63. The quantitative estimate of drug-likeness (QED) is 0.537. The number of anilines is 1. The number of nitrogens with one attached hydrogen (secondary N) is 1. The van der Waals surface area contributed by atoms with Gasteiger partial charge in [0.25, 0.3) is 11.8 Å². The van der Waals surface area contributed by atoms with Crippen LogP contribution in [0, 0.1) is 13.8 Å². The van der Waals surface area contributed by atoms with Crippen LogP contribution in [0.5, 0.6) is 0 Å². The summed E-state index contributed by atoms with van der Waals surface area (Å²) < 4.78 is 7.56. The number of imide groups is 2. The van der Waals surface area contributed by atoms with Crippen LogP contribution >= 0.6 is 0 Å². The first kappa shape index (κ1) is 23.4. The SMILES string of the molecule is Cc1cc(/C=C2/C(=O)NC(=O)N(C3CCCCC3)C2=O)c(C)n1-c1ccc(N2CCOCC2)cc1. The van der Waals surface area contributed by atoms with Gasteiger partial charge in [-0.1, -0.05) is 19.3 Å². The molecule has 1 N–H and O–H groups in total. The monoisotopic (exact) mass is 476 g/mol. The Morgan fingerprint density at radius 1 is 0.943 bits per heavy atom. The van der Waals surface area contributed by atoms with Crippen LogP contribution in [0.15, 0.2) is 35.9 Å². The van der Waals surface area contributed by atoms with Crippen LogP contribution in [0.1, 0.15) is 49.1 Å². The molecule has 35 heavy (non-hydrogen) atoms. The first-order valence-corrected chi connectivity index (χ1v) is 12.5. The molecule has 8 heteroatoms. The maximum Gasteiger partial charge on any atom is 0.331 e. The van der Waals surface area contributed by atoms with Crippen molar-refractivity contribution in [3.05, 3.63) is 52.9 Å². The Morgan fingerprint density at radius 3 is 2.29 bits per heavy atom. The van der Waals surface area contributed by atoms with Gasteiger partial charge in [0.15, 0.2) is 0 Å². The zero-order valence-electron chi connectivity index (χ0n) is 20.4. The Balaban J connectivity index is 1.43. The number of carbonyl (C=O) groups excluding carboxylic acids is 3. The summed E-state index contributed by atoms with van der Waals surface area (Å²) in [6.45, 7) is 7.23. The zero-order chi connectivity index (χ0) is 24.5. The summed E-state index contributed by atoms with van der Waals surface area (Å²) in [5, 5.41) is 2.38. The van der Waals surface area contributed by atoms with Gasteiger partial charge in [-0.2, -0.15) is 0 Å². The van der Waals surface area contributed by atoms with E-state index in [9.17, 15) is 14.4 Å². The molecule has 2 aliphatic heterocycles. The van der Waals surface area contributed by atoms with Crippen LogP contribution in [0.3, 0.4) is 0 Å². The maximum atomic E-state index is 13.3. The van der Waals surface area contributed by atoms with Gasteiger partial charge in [-0.25, -0.2) is 4.79 Å². The number of ether oxygens (including phenoxy) is 1. The largest absolute Gasteiger partial charge is 0.378 e. The van der Waals surface area contributed by atoms with E-state index in [-0.39, 0.29) is 11.6 Å². The van der Waals surface area contributed by atoms with Gasteiger partial charge in [0.1, 0.15) is 5.57 Å². The summed E-state index contributed by atoms with van der Waals surface area (Å²) in [7, 11) is 0. The normalized spacial score (nSPS) is 21.1. The number of amides is 4. The molecule has 3 heterocycles. The predicted octanol–water partition coefficient (Wildman–Crippen LogP) is 3.73. The molecule has 184 valence electrons. The molecule has 8 nitrogen and oxygen atoms in total. The van der Waals surface area contributed by atoms with E-state index in [1.807, 2.05) is 19.9 Å². The number of aromatic nitrogens is 1. The van der Waals surface area contributed by atoms with Crippen molar-refractivity contribution in [2.45, 2.75) is 52.0 Å². The maximum absolute atomic E-state index is 13.3. The molecule has 0 atom stereocenters. The predicted molar refractivity (Wildman–Crippen MR) is 134 cm³/mol. The van der Waals surface area contributed by atoms with Gasteiger partial charge < -0.3 is 14.2 Å². The highest BCUT2D eigenvalue weighted by molar-refractivity contribution is 6.31. The van der Waals surface area contributed by atoms with E-state index in [0.717, 1.165) is 81.0 Å². The van der Waals surface area contributed by atoms with Crippen LogP contribution in [0.2, 0.25) is 0 Å². The molecule has 3 aliphatic rings. The van der Waals surface area contributed by atoms with Crippen LogP contribution in [0.25, 0.3) is 11.8 Å². The minimum Gasteiger partial charge on any atom is -0.378 e. The first-order chi connectivity index (χ1) is 16.9. The lowest BCUT2D eigenvalue weighted by molar-refractivity contribution is -0.132. The Bertz CT molecular complexity index is 1170. The van der Waals surface area contributed by atoms with E-state index < -0.39 is 17.8 Å². The van der Waals surface area contributed by atoms with E-state index in [4.69, 9.17) is 4.74 Å². The highest BCUT2D eigenvalue weighted by Gasteiger charge is 2.40. The number of morpholine rings is 1. The van der Waals surface area contributed by atoms with Crippen molar-refractivity contribution < 1.29 is 19.1 Å². The molecule has 2 saturated heterocycles. The third-order valence-corrected chi connectivity index (χ3v) is 7.33. The Hall–Kier alpha value is -3.39. The standard InChI is InChI=1S/C27H32N4O4/c1-18-16-20(17-24-25(32)28-27(34)31(26(24)33)22-6-4-3-5-7-22)19(2)30(18)23-10-8-21(9-11-23)29-12-14-35-15-13-29/h8-11,16-17,22H,3-7,12-15H2,1-2H3,(H,28,32,34)/b24-17-. The van der Waals surface area contributed by atoms with E-state index in [2.05, 4.69) is 39.0 Å². The fraction of sp³-hybridized carbons (Fsp3) is 0.444. The fourth-order valence-electron chi connectivity index (χ4n) is 5.46. The molecule has 3 fully saturated rings. The van der Waals surface area contributed by atoms with E-state index >= 15 is 0 Å². The number of hydrogen-bond donors (Lipinski definition) is 1. The number of hydrogen-bond acceptors (Lipinski definition) is 5. The molecule has 2 aromatic rings. The van der Waals surface area contributed by atoms with Crippen LogP contribution in [0.4, 0.5) is 10.5 Å². The number of barbiturate groups is 1. The molecule has 1 saturated carbocycles.